The van der Waals surface area contributed by atoms with E-state index >= 15 is 0 Å². The van der Waals surface area contributed by atoms with Crippen molar-refractivity contribution in [2.24, 2.45) is 0 Å². The topological polar surface area (TPSA) is 58.1 Å². The molecule has 1 fully saturated rings. The maximum Gasteiger partial charge on any atom is 0.288 e. The molecule has 1 aromatic heterocycles. The van der Waals surface area contributed by atoms with E-state index in [4.69, 9.17) is 0 Å². The molecule has 0 aliphatic carbocycles. The standard InChI is InChI=1S/C18H22F2N4OS3/c1-12(15(25)24-10-4-2-3-5-11-24)26-18-23-22-17(28-18)21-13-6-8-14(9-7-13)27-16(19)20/h6-9,12,16H,2-5,10-11H2,1H3,(H,21,22). The summed E-state index contributed by atoms with van der Waals surface area (Å²) in [6.45, 7) is 3.59. The van der Waals surface area contributed by atoms with Gasteiger partial charge in [0.05, 0.1) is 5.25 Å². The number of aromatic nitrogens is 2. The number of anilines is 2. The molecule has 3 rings (SSSR count). The zero-order chi connectivity index (χ0) is 19.9. The van der Waals surface area contributed by atoms with Crippen LogP contribution in [0.3, 0.4) is 0 Å². The fourth-order valence-corrected chi connectivity index (χ4v) is 5.40. The van der Waals surface area contributed by atoms with Gasteiger partial charge in [-0.15, -0.1) is 10.2 Å². The Morgan fingerprint density at radius 1 is 1.11 bits per heavy atom. The Labute approximate surface area is 175 Å². The largest absolute Gasteiger partial charge is 0.342 e. The third kappa shape index (κ3) is 6.31. The van der Waals surface area contributed by atoms with Gasteiger partial charge in [0, 0.05) is 23.7 Å². The molecule has 0 spiro atoms. The number of rotatable bonds is 7. The number of likely N-dealkylation sites (tertiary alicyclic amines) is 1. The zero-order valence-corrected chi connectivity index (χ0v) is 17.9. The molecular formula is C18H22F2N4OS3. The van der Waals surface area contributed by atoms with Crippen LogP contribution < -0.4 is 5.32 Å². The van der Waals surface area contributed by atoms with Crippen LogP contribution in [-0.4, -0.2) is 45.1 Å². The van der Waals surface area contributed by atoms with Gasteiger partial charge in [-0.25, -0.2) is 0 Å². The number of carbonyl (C=O) groups excluding carboxylic acids is 1. The van der Waals surface area contributed by atoms with E-state index in [1.165, 1.54) is 35.9 Å². The van der Waals surface area contributed by atoms with Gasteiger partial charge >= 0.3 is 0 Å². The van der Waals surface area contributed by atoms with Crippen LogP contribution in [0, 0.1) is 0 Å². The Kier molecular flexibility index (Phi) is 7.92. The van der Waals surface area contributed by atoms with E-state index in [1.807, 2.05) is 11.8 Å². The van der Waals surface area contributed by atoms with Crippen molar-refractivity contribution in [3.63, 3.8) is 0 Å². The maximum absolute atomic E-state index is 12.7. The first-order chi connectivity index (χ1) is 13.5. The number of carbonyl (C=O) groups is 1. The van der Waals surface area contributed by atoms with Crippen molar-refractivity contribution in [3.8, 4) is 0 Å². The van der Waals surface area contributed by atoms with E-state index in [2.05, 4.69) is 15.5 Å². The monoisotopic (exact) mass is 444 g/mol. The number of halogens is 2. The normalized spacial score (nSPS) is 16.1. The van der Waals surface area contributed by atoms with Gasteiger partial charge in [-0.2, -0.15) is 8.78 Å². The molecule has 10 heteroatoms. The van der Waals surface area contributed by atoms with Crippen LogP contribution >= 0.6 is 34.9 Å². The van der Waals surface area contributed by atoms with Crippen LogP contribution in [0.15, 0.2) is 33.5 Å². The number of benzene rings is 1. The minimum Gasteiger partial charge on any atom is -0.342 e. The van der Waals surface area contributed by atoms with E-state index < -0.39 is 5.76 Å². The Balaban J connectivity index is 1.54. The molecule has 1 atom stereocenters. The number of amides is 1. The van der Waals surface area contributed by atoms with E-state index in [-0.39, 0.29) is 11.2 Å². The molecular weight excluding hydrogens is 422 g/mol. The lowest BCUT2D eigenvalue weighted by Crippen LogP contribution is -2.37. The zero-order valence-electron chi connectivity index (χ0n) is 15.4. The maximum atomic E-state index is 12.7. The molecule has 0 radical (unpaired) electrons. The summed E-state index contributed by atoms with van der Waals surface area (Å²) in [5.41, 5.74) is 0.750. The second-order valence-corrected chi connectivity index (χ2v) is 10.0. The van der Waals surface area contributed by atoms with Crippen molar-refractivity contribution in [2.75, 3.05) is 18.4 Å². The van der Waals surface area contributed by atoms with E-state index in [0.717, 1.165) is 36.0 Å². The van der Waals surface area contributed by atoms with E-state index in [0.29, 0.717) is 21.8 Å². The van der Waals surface area contributed by atoms with Gasteiger partial charge in [0.15, 0.2) is 4.34 Å². The predicted octanol–water partition coefficient (Wildman–Crippen LogP) is 5.48. The average molecular weight is 445 g/mol. The first kappa shape index (κ1) is 21.3. The summed E-state index contributed by atoms with van der Waals surface area (Å²) in [6, 6.07) is 6.73. The highest BCUT2D eigenvalue weighted by atomic mass is 32.2. The summed E-state index contributed by atoms with van der Waals surface area (Å²) in [5.74, 6) is -2.27. The smallest absolute Gasteiger partial charge is 0.288 e. The Morgan fingerprint density at radius 2 is 1.79 bits per heavy atom. The van der Waals surface area contributed by atoms with Gasteiger partial charge in [0.2, 0.25) is 11.0 Å². The molecule has 1 aliphatic rings. The quantitative estimate of drug-likeness (QED) is 0.571. The fourth-order valence-electron chi connectivity index (χ4n) is 2.90. The van der Waals surface area contributed by atoms with Crippen LogP contribution in [0.4, 0.5) is 19.6 Å². The van der Waals surface area contributed by atoms with Crippen molar-refractivity contribution in [3.05, 3.63) is 24.3 Å². The number of thioether (sulfide) groups is 2. The lowest BCUT2D eigenvalue weighted by molar-refractivity contribution is -0.130. The second kappa shape index (κ2) is 10.4. The lowest BCUT2D eigenvalue weighted by Gasteiger charge is -2.23. The molecule has 1 aliphatic heterocycles. The highest BCUT2D eigenvalue weighted by molar-refractivity contribution is 8.02. The van der Waals surface area contributed by atoms with Crippen molar-refractivity contribution in [1.82, 2.24) is 15.1 Å². The van der Waals surface area contributed by atoms with Crippen LogP contribution in [0.2, 0.25) is 0 Å². The number of hydrogen-bond acceptors (Lipinski definition) is 7. The van der Waals surface area contributed by atoms with E-state index in [1.54, 1.807) is 24.3 Å². The fraction of sp³-hybridized carbons (Fsp3) is 0.500. The molecule has 5 nitrogen and oxygen atoms in total. The van der Waals surface area contributed by atoms with Gasteiger partial charge in [-0.05, 0) is 44.0 Å². The molecule has 1 unspecified atom stereocenters. The number of alkyl halides is 2. The first-order valence-corrected chi connectivity index (χ1v) is 11.7. The molecule has 1 N–H and O–H groups in total. The third-order valence-electron chi connectivity index (χ3n) is 4.28. The minimum absolute atomic E-state index is 0.156. The van der Waals surface area contributed by atoms with E-state index in [9.17, 15) is 13.6 Å². The number of nitrogens with zero attached hydrogens (tertiary/aromatic N) is 3. The molecule has 0 bridgehead atoms. The average Bonchev–Trinajstić information content (AvgIpc) is 2.92. The number of hydrogen-bond donors (Lipinski definition) is 1. The Morgan fingerprint density at radius 3 is 2.43 bits per heavy atom. The SMILES string of the molecule is CC(Sc1nnc(Nc2ccc(SC(F)F)cc2)s1)C(=O)N1CCCCCC1. The highest BCUT2D eigenvalue weighted by Gasteiger charge is 2.23. The van der Waals surface area contributed by atoms with Crippen LogP contribution in [0.5, 0.6) is 0 Å². The molecule has 152 valence electrons. The lowest BCUT2D eigenvalue weighted by atomic mass is 10.2. The third-order valence-corrected chi connectivity index (χ3v) is 7.01. The second-order valence-electron chi connectivity index (χ2n) is 6.40. The highest BCUT2D eigenvalue weighted by Crippen LogP contribution is 2.32. The Hall–Kier alpha value is -1.39. The van der Waals surface area contributed by atoms with Gasteiger partial charge in [0.1, 0.15) is 0 Å². The number of nitrogens with one attached hydrogen (secondary N) is 1. The van der Waals surface area contributed by atoms with Crippen molar-refractivity contribution >= 4 is 51.6 Å². The molecule has 2 heterocycles. The molecule has 2 aromatic rings. The predicted molar refractivity (Wildman–Crippen MR) is 112 cm³/mol. The summed E-state index contributed by atoms with van der Waals surface area (Å²) in [5, 5.41) is 11.8. The minimum atomic E-state index is -2.43. The summed E-state index contributed by atoms with van der Waals surface area (Å²) in [6.07, 6.45) is 4.53. The summed E-state index contributed by atoms with van der Waals surface area (Å²) < 4.78 is 25.5. The molecule has 28 heavy (non-hydrogen) atoms. The van der Waals surface area contributed by atoms with Gasteiger partial charge in [-0.1, -0.05) is 47.7 Å². The van der Waals surface area contributed by atoms with Crippen molar-refractivity contribution in [2.45, 2.75) is 52.8 Å². The van der Waals surface area contributed by atoms with Gasteiger partial charge < -0.3 is 10.2 Å². The summed E-state index contributed by atoms with van der Waals surface area (Å²) in [4.78, 5) is 15.1. The van der Waals surface area contributed by atoms with Crippen LogP contribution in [0.1, 0.15) is 32.6 Å². The van der Waals surface area contributed by atoms with Crippen molar-refractivity contribution < 1.29 is 13.6 Å². The summed E-state index contributed by atoms with van der Waals surface area (Å²) >= 11 is 3.31. The van der Waals surface area contributed by atoms with Gasteiger partial charge in [0.25, 0.3) is 5.76 Å². The molecule has 1 aromatic carbocycles. The van der Waals surface area contributed by atoms with Gasteiger partial charge in [-0.3, -0.25) is 4.79 Å². The first-order valence-electron chi connectivity index (χ1n) is 9.12. The van der Waals surface area contributed by atoms with Crippen LogP contribution in [-0.2, 0) is 4.79 Å². The summed E-state index contributed by atoms with van der Waals surface area (Å²) in [7, 11) is 0. The Bertz CT molecular complexity index is 764. The molecule has 1 amide bonds. The van der Waals surface area contributed by atoms with Crippen LogP contribution in [0.25, 0.3) is 0 Å². The molecule has 0 saturated carbocycles. The van der Waals surface area contributed by atoms with Crippen molar-refractivity contribution in [1.29, 1.82) is 0 Å². The molecule has 1 saturated heterocycles.